The molecule has 1 saturated heterocycles. The maximum absolute atomic E-state index is 15.3. The second kappa shape index (κ2) is 10.6. The molecule has 0 atom stereocenters. The number of hydrogen-bond donors (Lipinski definition) is 1. The van der Waals surface area contributed by atoms with Crippen molar-refractivity contribution in [1.82, 2.24) is 15.0 Å². The molecule has 9 heteroatoms. The number of carbonyl (C=O) groups is 2. The van der Waals surface area contributed by atoms with E-state index in [0.29, 0.717) is 44.3 Å². The highest BCUT2D eigenvalue weighted by Crippen LogP contribution is 2.38. The number of ketones is 1. The molecule has 196 valence electrons. The molecule has 38 heavy (non-hydrogen) atoms. The summed E-state index contributed by atoms with van der Waals surface area (Å²) in [5.41, 5.74) is 2.95. The monoisotopic (exact) mass is 532 g/mol. The Balaban J connectivity index is 1.50. The Morgan fingerprint density at radius 2 is 1.92 bits per heavy atom. The summed E-state index contributed by atoms with van der Waals surface area (Å²) in [7, 11) is 0. The van der Waals surface area contributed by atoms with Crippen molar-refractivity contribution in [2.45, 2.75) is 46.0 Å². The van der Waals surface area contributed by atoms with Gasteiger partial charge < -0.3 is 10.0 Å². The lowest BCUT2D eigenvalue weighted by Gasteiger charge is -2.37. The zero-order valence-corrected chi connectivity index (χ0v) is 22.2. The number of piperidine rings is 1. The topological polar surface area (TPSA) is 96.3 Å². The van der Waals surface area contributed by atoms with Gasteiger partial charge in [0.1, 0.15) is 10.8 Å². The summed E-state index contributed by atoms with van der Waals surface area (Å²) in [5.74, 6) is -0.878. The number of carboxylic acids is 1. The van der Waals surface area contributed by atoms with Gasteiger partial charge in [0.25, 0.3) is 0 Å². The highest BCUT2D eigenvalue weighted by Gasteiger charge is 2.37. The molecular formula is C29H29FN4O3S. The molecule has 4 heterocycles. The van der Waals surface area contributed by atoms with E-state index >= 15 is 4.39 Å². The predicted octanol–water partition coefficient (Wildman–Crippen LogP) is 6.16. The Morgan fingerprint density at radius 3 is 2.58 bits per heavy atom. The SMILES string of the molecule is CCCC(=O)Cc1nc2cc(-c3cnc(N4CCC(C)(C(=O)O)CC4)c(F)c3)cc(-c3ccccn3)c2s1. The van der Waals surface area contributed by atoms with Crippen LogP contribution in [-0.2, 0) is 16.0 Å². The third-order valence-electron chi connectivity index (χ3n) is 7.19. The summed E-state index contributed by atoms with van der Waals surface area (Å²) in [6.07, 6.45) is 5.86. The molecule has 1 aliphatic heterocycles. The number of aromatic nitrogens is 3. The lowest BCUT2D eigenvalue weighted by atomic mass is 9.80. The van der Waals surface area contributed by atoms with Crippen LogP contribution in [-0.4, -0.2) is 44.9 Å². The van der Waals surface area contributed by atoms with Crippen molar-refractivity contribution < 1.29 is 19.1 Å². The standard InChI is InChI=1S/C29H29FN4O3S/c1-3-6-20(35)16-25-33-24-15-18(13-21(26(24)38-25)23-7-4-5-10-31-23)19-14-22(30)27(32-17-19)34-11-8-29(2,9-12-34)28(36)37/h4-5,7,10,13-15,17H,3,6,8-9,11-12,16H2,1-2H3,(H,36,37). The van der Waals surface area contributed by atoms with E-state index in [1.165, 1.54) is 17.4 Å². The molecule has 3 aromatic heterocycles. The predicted molar refractivity (Wildman–Crippen MR) is 147 cm³/mol. The van der Waals surface area contributed by atoms with E-state index in [2.05, 4.69) is 9.97 Å². The summed E-state index contributed by atoms with van der Waals surface area (Å²) in [6.45, 7) is 4.58. The molecule has 0 saturated carbocycles. The lowest BCUT2D eigenvalue weighted by Crippen LogP contribution is -2.43. The molecule has 1 fully saturated rings. The van der Waals surface area contributed by atoms with E-state index in [1.807, 2.05) is 42.2 Å². The molecule has 1 N–H and O–H groups in total. The van der Waals surface area contributed by atoms with E-state index in [1.54, 1.807) is 19.3 Å². The number of anilines is 1. The average Bonchev–Trinajstić information content (AvgIpc) is 3.31. The fourth-order valence-electron chi connectivity index (χ4n) is 4.82. The first-order chi connectivity index (χ1) is 18.3. The van der Waals surface area contributed by atoms with Gasteiger partial charge in [0.2, 0.25) is 0 Å². The quantitative estimate of drug-likeness (QED) is 0.290. The summed E-state index contributed by atoms with van der Waals surface area (Å²) >= 11 is 1.49. The van der Waals surface area contributed by atoms with Gasteiger partial charge in [-0.25, -0.2) is 14.4 Å². The molecule has 0 radical (unpaired) electrons. The smallest absolute Gasteiger partial charge is 0.309 e. The molecule has 1 aliphatic rings. The summed E-state index contributed by atoms with van der Waals surface area (Å²) in [6, 6.07) is 11.0. The number of carbonyl (C=O) groups excluding carboxylic acids is 1. The van der Waals surface area contributed by atoms with E-state index in [0.717, 1.165) is 38.5 Å². The average molecular weight is 533 g/mol. The van der Waals surface area contributed by atoms with Crippen molar-refractivity contribution in [1.29, 1.82) is 0 Å². The van der Waals surface area contributed by atoms with Gasteiger partial charge in [-0.15, -0.1) is 11.3 Å². The molecular weight excluding hydrogens is 503 g/mol. The molecule has 0 unspecified atom stereocenters. The largest absolute Gasteiger partial charge is 0.481 e. The van der Waals surface area contributed by atoms with Gasteiger partial charge in [-0.1, -0.05) is 13.0 Å². The van der Waals surface area contributed by atoms with Crippen LogP contribution in [0.25, 0.3) is 32.6 Å². The van der Waals surface area contributed by atoms with Crippen molar-refractivity contribution >= 4 is 39.1 Å². The van der Waals surface area contributed by atoms with Crippen LogP contribution in [0.5, 0.6) is 0 Å². The number of carboxylic acid groups (broad SMARTS) is 1. The normalized spacial score (nSPS) is 15.1. The van der Waals surface area contributed by atoms with Gasteiger partial charge in [-0.2, -0.15) is 0 Å². The highest BCUT2D eigenvalue weighted by molar-refractivity contribution is 7.19. The van der Waals surface area contributed by atoms with Gasteiger partial charge >= 0.3 is 5.97 Å². The number of thiazole rings is 1. The molecule has 4 aromatic rings. The number of fused-ring (bicyclic) bond motifs is 1. The van der Waals surface area contributed by atoms with Crippen molar-refractivity contribution in [3.63, 3.8) is 0 Å². The number of halogens is 1. The Morgan fingerprint density at radius 1 is 1.13 bits per heavy atom. The number of pyridine rings is 2. The van der Waals surface area contributed by atoms with Gasteiger partial charge in [-0.05, 0) is 62.1 Å². The van der Waals surface area contributed by atoms with Crippen molar-refractivity contribution in [3.8, 4) is 22.4 Å². The van der Waals surface area contributed by atoms with E-state index in [-0.39, 0.29) is 11.6 Å². The summed E-state index contributed by atoms with van der Waals surface area (Å²) in [4.78, 5) is 39.4. The molecule has 0 aliphatic carbocycles. The van der Waals surface area contributed by atoms with Crippen molar-refractivity contribution in [2.24, 2.45) is 5.41 Å². The van der Waals surface area contributed by atoms with Crippen LogP contribution >= 0.6 is 11.3 Å². The third kappa shape index (κ3) is 5.15. The number of benzene rings is 1. The van der Waals surface area contributed by atoms with Crippen molar-refractivity contribution in [3.05, 3.63) is 59.6 Å². The first kappa shape index (κ1) is 25.9. The van der Waals surface area contributed by atoms with Gasteiger partial charge in [0.05, 0.1) is 27.7 Å². The first-order valence-electron chi connectivity index (χ1n) is 12.8. The fourth-order valence-corrected chi connectivity index (χ4v) is 5.91. The maximum atomic E-state index is 15.3. The lowest BCUT2D eigenvalue weighted by molar-refractivity contribution is -0.149. The molecule has 0 spiro atoms. The van der Waals surface area contributed by atoms with Crippen LogP contribution in [0.3, 0.4) is 0 Å². The number of nitrogens with zero attached hydrogens (tertiary/aromatic N) is 4. The summed E-state index contributed by atoms with van der Waals surface area (Å²) < 4.78 is 16.3. The van der Waals surface area contributed by atoms with Gasteiger partial charge in [-0.3, -0.25) is 14.6 Å². The molecule has 0 amide bonds. The zero-order valence-electron chi connectivity index (χ0n) is 21.4. The minimum Gasteiger partial charge on any atom is -0.481 e. The number of Topliss-reactive ketones (excluding diaryl/α,β-unsaturated/α-hetero) is 1. The second-order valence-electron chi connectivity index (χ2n) is 10.0. The highest BCUT2D eigenvalue weighted by atomic mass is 32.1. The van der Waals surface area contributed by atoms with Gasteiger partial charge in [0, 0.05) is 43.0 Å². The first-order valence-corrected chi connectivity index (χ1v) is 13.6. The van der Waals surface area contributed by atoms with Gasteiger partial charge in [0.15, 0.2) is 11.6 Å². The van der Waals surface area contributed by atoms with Crippen LogP contribution in [0.4, 0.5) is 10.2 Å². The Bertz CT molecular complexity index is 1500. The summed E-state index contributed by atoms with van der Waals surface area (Å²) in [5, 5.41) is 10.2. The van der Waals surface area contributed by atoms with Crippen LogP contribution in [0.1, 0.15) is 44.5 Å². The minimum atomic E-state index is -0.819. The van der Waals surface area contributed by atoms with E-state index < -0.39 is 17.2 Å². The van der Waals surface area contributed by atoms with Crippen LogP contribution in [0.2, 0.25) is 0 Å². The Hall–Kier alpha value is -3.72. The van der Waals surface area contributed by atoms with E-state index in [9.17, 15) is 14.7 Å². The molecule has 1 aromatic carbocycles. The Labute approximate surface area is 224 Å². The number of rotatable bonds is 8. The van der Waals surface area contributed by atoms with E-state index in [4.69, 9.17) is 4.98 Å². The second-order valence-corrected chi connectivity index (χ2v) is 11.1. The zero-order chi connectivity index (χ0) is 26.9. The fraction of sp³-hybridized carbons (Fsp3) is 0.345. The van der Waals surface area contributed by atoms with Crippen molar-refractivity contribution in [2.75, 3.05) is 18.0 Å². The Kier molecular flexibility index (Phi) is 7.21. The third-order valence-corrected chi connectivity index (χ3v) is 8.29. The maximum Gasteiger partial charge on any atom is 0.309 e. The molecule has 0 bridgehead atoms. The molecule has 5 rings (SSSR count). The minimum absolute atomic E-state index is 0.161. The van der Waals surface area contributed by atoms with Crippen LogP contribution in [0.15, 0.2) is 48.8 Å². The number of hydrogen-bond acceptors (Lipinski definition) is 7. The van der Waals surface area contributed by atoms with Crippen LogP contribution < -0.4 is 4.90 Å². The molecule has 7 nitrogen and oxygen atoms in total. The van der Waals surface area contributed by atoms with Crippen LogP contribution in [0, 0.1) is 11.2 Å². The number of aliphatic carboxylic acids is 1.